The zero-order valence-corrected chi connectivity index (χ0v) is 13.2. The predicted octanol–water partition coefficient (Wildman–Crippen LogP) is 3.64. The number of hydrogen-bond acceptors (Lipinski definition) is 4. The van der Waals surface area contributed by atoms with Gasteiger partial charge in [-0.1, -0.05) is 30.3 Å². The van der Waals surface area contributed by atoms with Crippen molar-refractivity contribution in [1.29, 1.82) is 0 Å². The lowest BCUT2D eigenvalue weighted by Crippen LogP contribution is -2.21. The van der Waals surface area contributed by atoms with Gasteiger partial charge in [0.15, 0.2) is 11.6 Å². The minimum Gasteiger partial charge on any atom is -0.322 e. The molecule has 0 amide bonds. The first-order valence-corrected chi connectivity index (χ1v) is 7.62. The SMILES string of the molecule is Cc1cc(Nc2nc(C(F)(F)c3ccccc3)nn3cccc23)n[nH]1. The number of nitrogens with zero attached hydrogens (tertiary/aromatic N) is 4. The fourth-order valence-corrected chi connectivity index (χ4v) is 2.54. The molecule has 0 fully saturated rings. The number of aromatic nitrogens is 5. The highest BCUT2D eigenvalue weighted by molar-refractivity contribution is 5.72. The Hall–Kier alpha value is -3.29. The Morgan fingerprint density at radius 1 is 1.12 bits per heavy atom. The van der Waals surface area contributed by atoms with Gasteiger partial charge in [-0.3, -0.25) is 5.10 Å². The molecule has 126 valence electrons. The molecule has 2 N–H and O–H groups in total. The molecule has 0 unspecified atom stereocenters. The van der Waals surface area contributed by atoms with Crippen molar-refractivity contribution in [1.82, 2.24) is 24.8 Å². The molecule has 4 aromatic rings. The van der Waals surface area contributed by atoms with E-state index in [4.69, 9.17) is 0 Å². The van der Waals surface area contributed by atoms with Crippen LogP contribution in [0.5, 0.6) is 0 Å². The van der Waals surface area contributed by atoms with E-state index in [1.165, 1.54) is 16.6 Å². The van der Waals surface area contributed by atoms with Gasteiger partial charge >= 0.3 is 5.92 Å². The summed E-state index contributed by atoms with van der Waals surface area (Å²) < 4.78 is 31.1. The fourth-order valence-electron chi connectivity index (χ4n) is 2.54. The van der Waals surface area contributed by atoms with Gasteiger partial charge in [-0.15, -0.1) is 5.10 Å². The molecular formula is C17H14F2N6. The number of alkyl halides is 2. The van der Waals surface area contributed by atoms with Crippen molar-refractivity contribution < 1.29 is 8.78 Å². The number of hydrogen-bond donors (Lipinski definition) is 2. The largest absolute Gasteiger partial charge is 0.333 e. The van der Waals surface area contributed by atoms with Crippen molar-refractivity contribution in [3.8, 4) is 0 Å². The number of fused-ring (bicyclic) bond motifs is 1. The van der Waals surface area contributed by atoms with Gasteiger partial charge in [0, 0.05) is 23.5 Å². The molecule has 0 spiro atoms. The predicted molar refractivity (Wildman–Crippen MR) is 89.0 cm³/mol. The van der Waals surface area contributed by atoms with E-state index < -0.39 is 11.7 Å². The standard InChI is InChI=1S/C17H14F2N6/c1-11-10-14(23-22-11)20-15-13-8-5-9-25(13)24-16(21-15)17(18,19)12-6-3-2-4-7-12/h2-10H,1H3,(H2,20,21,22,23,24). The number of rotatable bonds is 4. The topological polar surface area (TPSA) is 70.9 Å². The minimum absolute atomic E-state index is 0.164. The van der Waals surface area contributed by atoms with Crippen LogP contribution in [0.3, 0.4) is 0 Å². The lowest BCUT2D eigenvalue weighted by molar-refractivity contribution is 0.0316. The average molecular weight is 340 g/mol. The highest BCUT2D eigenvalue weighted by Gasteiger charge is 2.38. The van der Waals surface area contributed by atoms with Crippen LogP contribution in [-0.4, -0.2) is 24.8 Å². The Balaban J connectivity index is 1.82. The van der Waals surface area contributed by atoms with Crippen LogP contribution in [0.25, 0.3) is 5.52 Å². The molecule has 0 atom stereocenters. The monoisotopic (exact) mass is 340 g/mol. The van der Waals surface area contributed by atoms with E-state index in [0.29, 0.717) is 11.3 Å². The van der Waals surface area contributed by atoms with Crippen LogP contribution in [-0.2, 0) is 5.92 Å². The summed E-state index contributed by atoms with van der Waals surface area (Å²) in [7, 11) is 0. The van der Waals surface area contributed by atoms with Crippen molar-refractivity contribution in [3.05, 3.63) is 71.8 Å². The molecule has 0 saturated heterocycles. The summed E-state index contributed by atoms with van der Waals surface area (Å²) in [5, 5.41) is 13.8. The van der Waals surface area contributed by atoms with Gasteiger partial charge in [0.25, 0.3) is 0 Å². The molecule has 0 aliphatic rings. The van der Waals surface area contributed by atoms with Crippen molar-refractivity contribution >= 4 is 17.2 Å². The van der Waals surface area contributed by atoms with Gasteiger partial charge in [-0.05, 0) is 19.1 Å². The quantitative estimate of drug-likeness (QED) is 0.595. The molecule has 6 nitrogen and oxygen atoms in total. The number of anilines is 2. The smallest absolute Gasteiger partial charge is 0.322 e. The number of H-pyrrole nitrogens is 1. The maximum Gasteiger partial charge on any atom is 0.333 e. The molecule has 3 heterocycles. The van der Waals surface area contributed by atoms with Crippen LogP contribution >= 0.6 is 0 Å². The average Bonchev–Trinajstić information content (AvgIpc) is 3.24. The molecule has 4 rings (SSSR count). The molecule has 1 aromatic carbocycles. The van der Waals surface area contributed by atoms with Gasteiger partial charge < -0.3 is 5.32 Å². The normalized spacial score (nSPS) is 11.8. The lowest BCUT2D eigenvalue weighted by atomic mass is 10.1. The molecular weight excluding hydrogens is 326 g/mol. The summed E-state index contributed by atoms with van der Waals surface area (Å²) in [5.74, 6) is -3.15. The van der Waals surface area contributed by atoms with E-state index in [1.54, 1.807) is 42.6 Å². The van der Waals surface area contributed by atoms with Gasteiger partial charge in [0.2, 0.25) is 5.82 Å². The number of aryl methyl sites for hydroxylation is 1. The van der Waals surface area contributed by atoms with Crippen LogP contribution < -0.4 is 5.32 Å². The maximum atomic E-state index is 14.9. The van der Waals surface area contributed by atoms with Crippen LogP contribution in [0.4, 0.5) is 20.4 Å². The number of nitrogens with one attached hydrogen (secondary N) is 2. The molecule has 0 bridgehead atoms. The summed E-state index contributed by atoms with van der Waals surface area (Å²) in [6.07, 6.45) is 1.60. The van der Waals surface area contributed by atoms with E-state index in [2.05, 4.69) is 25.6 Å². The van der Waals surface area contributed by atoms with Gasteiger partial charge in [-0.2, -0.15) is 13.9 Å². The molecule has 0 radical (unpaired) electrons. The van der Waals surface area contributed by atoms with E-state index in [0.717, 1.165) is 5.69 Å². The van der Waals surface area contributed by atoms with Crippen molar-refractivity contribution in [2.75, 3.05) is 5.32 Å². The third-order valence-corrected chi connectivity index (χ3v) is 3.76. The molecule has 0 saturated carbocycles. The molecule has 8 heteroatoms. The Morgan fingerprint density at radius 3 is 2.64 bits per heavy atom. The first kappa shape index (κ1) is 15.3. The second kappa shape index (κ2) is 5.66. The van der Waals surface area contributed by atoms with Crippen molar-refractivity contribution in [2.24, 2.45) is 0 Å². The Labute approximate surface area is 141 Å². The Morgan fingerprint density at radius 2 is 1.92 bits per heavy atom. The van der Waals surface area contributed by atoms with Crippen LogP contribution in [0.2, 0.25) is 0 Å². The van der Waals surface area contributed by atoms with E-state index in [1.807, 2.05) is 6.92 Å². The minimum atomic E-state index is -3.32. The van der Waals surface area contributed by atoms with E-state index in [-0.39, 0.29) is 11.4 Å². The van der Waals surface area contributed by atoms with Crippen LogP contribution in [0.15, 0.2) is 54.7 Å². The van der Waals surface area contributed by atoms with Crippen molar-refractivity contribution in [2.45, 2.75) is 12.8 Å². The lowest BCUT2D eigenvalue weighted by Gasteiger charge is -2.16. The fraction of sp³-hybridized carbons (Fsp3) is 0.118. The van der Waals surface area contributed by atoms with Gasteiger partial charge in [-0.25, -0.2) is 9.50 Å². The Bertz CT molecular complexity index is 1020. The third kappa shape index (κ3) is 2.71. The number of benzene rings is 1. The zero-order valence-electron chi connectivity index (χ0n) is 13.2. The summed E-state index contributed by atoms with van der Waals surface area (Å²) in [6.45, 7) is 1.85. The summed E-state index contributed by atoms with van der Waals surface area (Å²) in [6, 6.07) is 12.7. The summed E-state index contributed by atoms with van der Waals surface area (Å²) in [5.41, 5.74) is 1.26. The first-order valence-electron chi connectivity index (χ1n) is 7.62. The molecule has 3 aromatic heterocycles. The second-order valence-electron chi connectivity index (χ2n) is 5.62. The first-order chi connectivity index (χ1) is 12.0. The molecule has 25 heavy (non-hydrogen) atoms. The highest BCUT2D eigenvalue weighted by Crippen LogP contribution is 2.34. The second-order valence-corrected chi connectivity index (χ2v) is 5.62. The summed E-state index contributed by atoms with van der Waals surface area (Å²) in [4.78, 5) is 4.08. The number of halogens is 2. The summed E-state index contributed by atoms with van der Waals surface area (Å²) >= 11 is 0. The van der Waals surface area contributed by atoms with Crippen molar-refractivity contribution in [3.63, 3.8) is 0 Å². The van der Waals surface area contributed by atoms with Crippen LogP contribution in [0, 0.1) is 6.92 Å². The maximum absolute atomic E-state index is 14.9. The van der Waals surface area contributed by atoms with Gasteiger partial charge in [0.05, 0.1) is 0 Å². The Kier molecular flexibility index (Phi) is 3.45. The van der Waals surface area contributed by atoms with Gasteiger partial charge in [0.1, 0.15) is 5.52 Å². The molecule has 0 aliphatic heterocycles. The molecule has 0 aliphatic carbocycles. The number of aromatic amines is 1. The van der Waals surface area contributed by atoms with E-state index >= 15 is 0 Å². The van der Waals surface area contributed by atoms with E-state index in [9.17, 15) is 8.78 Å². The zero-order chi connectivity index (χ0) is 17.4. The highest BCUT2D eigenvalue weighted by atomic mass is 19.3. The third-order valence-electron chi connectivity index (χ3n) is 3.76. The van der Waals surface area contributed by atoms with Crippen LogP contribution in [0.1, 0.15) is 17.1 Å².